The minimum absolute atomic E-state index is 0.0126. The van der Waals surface area contributed by atoms with Gasteiger partial charge in [0, 0.05) is 17.0 Å². The van der Waals surface area contributed by atoms with Crippen LogP contribution in [0.5, 0.6) is 0 Å². The molecule has 0 fully saturated rings. The van der Waals surface area contributed by atoms with E-state index >= 15 is 0 Å². The van der Waals surface area contributed by atoms with Gasteiger partial charge in [0.15, 0.2) is 12.4 Å². The molecule has 1 aromatic carbocycles. The monoisotopic (exact) mass is 371 g/mol. The van der Waals surface area contributed by atoms with Crippen LogP contribution in [0.25, 0.3) is 10.6 Å². The Morgan fingerprint density at radius 2 is 2.00 bits per heavy atom. The topological polar surface area (TPSA) is 94.3 Å². The van der Waals surface area contributed by atoms with E-state index < -0.39 is 11.9 Å². The first-order valence-corrected chi connectivity index (χ1v) is 8.78. The number of hydrogen-bond donors (Lipinski definition) is 1. The molecule has 8 heteroatoms. The third kappa shape index (κ3) is 4.76. The molecule has 2 aromatic heterocycles. The molecule has 2 heterocycles. The second-order valence-electron chi connectivity index (χ2n) is 5.72. The standard InChI is InChI=1S/C18H17N3O4S/c1-11-3-5-13(6-4-11)18-19-14(10-26-18)8-17(23)24-9-16(22)20-15-7-12(2)25-21-15/h3-7,10H,8-9H2,1-2H3,(H,20,21,22). The zero-order chi connectivity index (χ0) is 18.5. The summed E-state index contributed by atoms with van der Waals surface area (Å²) >= 11 is 1.46. The van der Waals surface area contributed by atoms with Crippen molar-refractivity contribution in [3.63, 3.8) is 0 Å². The van der Waals surface area contributed by atoms with Crippen molar-refractivity contribution in [3.05, 3.63) is 52.7 Å². The fourth-order valence-corrected chi connectivity index (χ4v) is 2.99. The predicted molar refractivity (Wildman–Crippen MR) is 96.8 cm³/mol. The highest BCUT2D eigenvalue weighted by Gasteiger charge is 2.13. The second kappa shape index (κ2) is 7.92. The van der Waals surface area contributed by atoms with Crippen LogP contribution < -0.4 is 5.32 Å². The quantitative estimate of drug-likeness (QED) is 0.669. The molecule has 0 aliphatic rings. The van der Waals surface area contributed by atoms with Gasteiger partial charge in [-0.15, -0.1) is 11.3 Å². The van der Waals surface area contributed by atoms with E-state index in [1.54, 1.807) is 13.0 Å². The van der Waals surface area contributed by atoms with Crippen LogP contribution in [0.15, 0.2) is 40.2 Å². The number of ether oxygens (including phenoxy) is 1. The number of rotatable bonds is 6. The molecule has 0 aliphatic heterocycles. The predicted octanol–water partition coefficient (Wildman–Crippen LogP) is 3.14. The van der Waals surface area contributed by atoms with Crippen molar-refractivity contribution < 1.29 is 18.8 Å². The normalized spacial score (nSPS) is 10.5. The molecule has 0 saturated heterocycles. The second-order valence-corrected chi connectivity index (χ2v) is 6.58. The van der Waals surface area contributed by atoms with Crippen molar-refractivity contribution in [2.24, 2.45) is 0 Å². The van der Waals surface area contributed by atoms with Crippen LogP contribution in [0.1, 0.15) is 17.0 Å². The number of amides is 1. The van der Waals surface area contributed by atoms with E-state index in [0.717, 1.165) is 10.6 Å². The van der Waals surface area contributed by atoms with Crippen molar-refractivity contribution in [1.82, 2.24) is 10.1 Å². The third-order valence-corrected chi connectivity index (χ3v) is 4.38. The van der Waals surface area contributed by atoms with E-state index in [1.165, 1.54) is 16.9 Å². The van der Waals surface area contributed by atoms with E-state index in [1.807, 2.05) is 36.6 Å². The summed E-state index contributed by atoms with van der Waals surface area (Å²) in [5.41, 5.74) is 2.79. The van der Waals surface area contributed by atoms with Crippen LogP contribution >= 0.6 is 11.3 Å². The number of nitrogens with zero attached hydrogens (tertiary/aromatic N) is 2. The molecule has 3 aromatic rings. The van der Waals surface area contributed by atoms with Crippen molar-refractivity contribution >= 4 is 29.0 Å². The zero-order valence-electron chi connectivity index (χ0n) is 14.3. The Kier molecular flexibility index (Phi) is 5.43. The van der Waals surface area contributed by atoms with Gasteiger partial charge in [0.25, 0.3) is 5.91 Å². The summed E-state index contributed by atoms with van der Waals surface area (Å²) in [6.07, 6.45) is 0.0126. The number of carbonyl (C=O) groups excluding carboxylic acids is 2. The van der Waals surface area contributed by atoms with Gasteiger partial charge < -0.3 is 14.6 Å². The molecular formula is C18H17N3O4S. The first-order chi connectivity index (χ1) is 12.5. The smallest absolute Gasteiger partial charge is 0.312 e. The Morgan fingerprint density at radius 3 is 2.69 bits per heavy atom. The van der Waals surface area contributed by atoms with Crippen LogP contribution in [-0.2, 0) is 20.7 Å². The SMILES string of the molecule is Cc1ccc(-c2nc(CC(=O)OCC(=O)Nc3cc(C)on3)cs2)cc1. The molecule has 1 N–H and O–H groups in total. The number of hydrogen-bond acceptors (Lipinski definition) is 7. The van der Waals surface area contributed by atoms with Gasteiger partial charge in [-0.2, -0.15) is 0 Å². The van der Waals surface area contributed by atoms with Crippen LogP contribution in [0.2, 0.25) is 0 Å². The first-order valence-electron chi connectivity index (χ1n) is 7.90. The van der Waals surface area contributed by atoms with Gasteiger partial charge >= 0.3 is 5.97 Å². The lowest BCUT2D eigenvalue weighted by atomic mass is 10.2. The van der Waals surface area contributed by atoms with E-state index in [9.17, 15) is 9.59 Å². The van der Waals surface area contributed by atoms with E-state index in [0.29, 0.717) is 11.5 Å². The summed E-state index contributed by atoms with van der Waals surface area (Å²) in [5.74, 6) is -0.140. The molecule has 0 bridgehead atoms. The van der Waals surface area contributed by atoms with Crippen molar-refractivity contribution in [2.45, 2.75) is 20.3 Å². The summed E-state index contributed by atoms with van der Waals surface area (Å²) < 4.78 is 9.81. The Hall–Kier alpha value is -3.00. The Morgan fingerprint density at radius 1 is 1.23 bits per heavy atom. The zero-order valence-corrected chi connectivity index (χ0v) is 15.1. The lowest BCUT2D eigenvalue weighted by Crippen LogP contribution is -2.21. The number of aromatic nitrogens is 2. The maximum absolute atomic E-state index is 11.9. The number of nitrogens with one attached hydrogen (secondary N) is 1. The van der Waals surface area contributed by atoms with Crippen LogP contribution in [-0.4, -0.2) is 28.6 Å². The summed E-state index contributed by atoms with van der Waals surface area (Å²) in [7, 11) is 0. The first kappa shape index (κ1) is 17.8. The molecule has 7 nitrogen and oxygen atoms in total. The fourth-order valence-electron chi connectivity index (χ4n) is 2.17. The molecule has 0 radical (unpaired) electrons. The molecule has 0 aliphatic carbocycles. The third-order valence-electron chi connectivity index (χ3n) is 3.44. The van der Waals surface area contributed by atoms with Gasteiger partial charge in [0.1, 0.15) is 10.8 Å². The molecule has 0 saturated carbocycles. The minimum Gasteiger partial charge on any atom is -0.455 e. The number of thiazole rings is 1. The van der Waals surface area contributed by atoms with E-state index in [2.05, 4.69) is 15.5 Å². The summed E-state index contributed by atoms with van der Waals surface area (Å²) in [6.45, 7) is 3.34. The van der Waals surface area contributed by atoms with E-state index in [4.69, 9.17) is 9.26 Å². The lowest BCUT2D eigenvalue weighted by molar-refractivity contribution is -0.146. The summed E-state index contributed by atoms with van der Waals surface area (Å²) in [6, 6.07) is 9.58. The number of aryl methyl sites for hydroxylation is 2. The Bertz CT molecular complexity index is 915. The average molecular weight is 371 g/mol. The van der Waals surface area contributed by atoms with Crippen LogP contribution in [0.4, 0.5) is 5.82 Å². The molecule has 134 valence electrons. The van der Waals surface area contributed by atoms with Gasteiger partial charge in [0.2, 0.25) is 0 Å². The molecular weight excluding hydrogens is 354 g/mol. The highest BCUT2D eigenvalue weighted by Crippen LogP contribution is 2.24. The van der Waals surface area contributed by atoms with Crippen molar-refractivity contribution in [1.29, 1.82) is 0 Å². The Balaban J connectivity index is 1.49. The summed E-state index contributed by atoms with van der Waals surface area (Å²) in [4.78, 5) is 28.0. The molecule has 0 spiro atoms. The number of benzene rings is 1. The highest BCUT2D eigenvalue weighted by molar-refractivity contribution is 7.13. The maximum Gasteiger partial charge on any atom is 0.312 e. The minimum atomic E-state index is -0.516. The molecule has 0 unspecified atom stereocenters. The molecule has 26 heavy (non-hydrogen) atoms. The van der Waals surface area contributed by atoms with Crippen molar-refractivity contribution in [3.8, 4) is 10.6 Å². The molecule has 0 atom stereocenters. The lowest BCUT2D eigenvalue weighted by Gasteiger charge is -2.03. The van der Waals surface area contributed by atoms with Gasteiger partial charge in [-0.1, -0.05) is 35.0 Å². The average Bonchev–Trinajstić information content (AvgIpc) is 3.23. The van der Waals surface area contributed by atoms with Gasteiger partial charge in [-0.25, -0.2) is 4.98 Å². The van der Waals surface area contributed by atoms with Crippen molar-refractivity contribution in [2.75, 3.05) is 11.9 Å². The molecule has 1 amide bonds. The number of anilines is 1. The van der Waals surface area contributed by atoms with Crippen LogP contribution in [0.3, 0.4) is 0 Å². The van der Waals surface area contributed by atoms with E-state index in [-0.39, 0.29) is 18.8 Å². The number of carbonyl (C=O) groups is 2. The van der Waals surface area contributed by atoms with Gasteiger partial charge in [-0.3, -0.25) is 9.59 Å². The van der Waals surface area contributed by atoms with Gasteiger partial charge in [0.05, 0.1) is 12.1 Å². The molecule has 3 rings (SSSR count). The number of esters is 1. The van der Waals surface area contributed by atoms with Gasteiger partial charge in [-0.05, 0) is 13.8 Å². The largest absolute Gasteiger partial charge is 0.455 e. The van der Waals surface area contributed by atoms with Crippen LogP contribution in [0, 0.1) is 13.8 Å². The highest BCUT2D eigenvalue weighted by atomic mass is 32.1. The summed E-state index contributed by atoms with van der Waals surface area (Å²) in [5, 5.41) is 8.76. The fraction of sp³-hybridized carbons (Fsp3) is 0.222. The maximum atomic E-state index is 11.9. The Labute approximate surface area is 154 Å².